The number of sulfonamides is 1. The van der Waals surface area contributed by atoms with Gasteiger partial charge in [-0.1, -0.05) is 76.2 Å². The fourth-order valence-corrected chi connectivity index (χ4v) is 9.26. The molecular formula is C35H55NO4S3. The van der Waals surface area contributed by atoms with E-state index in [0.717, 1.165) is 44.9 Å². The van der Waals surface area contributed by atoms with Crippen molar-refractivity contribution in [2.24, 2.45) is 0 Å². The number of nitrogens with one attached hydrogen (secondary N) is 1. The molecule has 1 fully saturated rings. The number of phenolic OH excluding ortho intramolecular Hbond substituents is 2. The Balaban J connectivity index is 1.98. The van der Waals surface area contributed by atoms with E-state index < -0.39 is 15.4 Å². The highest BCUT2D eigenvalue weighted by Crippen LogP contribution is 2.51. The molecule has 5 nitrogen and oxygen atoms in total. The highest BCUT2D eigenvalue weighted by Gasteiger charge is 2.36. The van der Waals surface area contributed by atoms with Crippen molar-refractivity contribution in [2.75, 3.05) is 6.54 Å². The molecule has 0 amide bonds. The third-order valence-electron chi connectivity index (χ3n) is 8.06. The maximum Gasteiger partial charge on any atom is 0.214 e. The van der Waals surface area contributed by atoms with Gasteiger partial charge in [0.2, 0.25) is 10.0 Å². The Morgan fingerprint density at radius 1 is 0.674 bits per heavy atom. The van der Waals surface area contributed by atoms with Gasteiger partial charge in [-0.25, -0.2) is 13.1 Å². The zero-order chi connectivity index (χ0) is 33.0. The Labute approximate surface area is 270 Å². The first-order chi connectivity index (χ1) is 19.2. The maximum atomic E-state index is 12.4. The van der Waals surface area contributed by atoms with E-state index >= 15 is 0 Å². The molecule has 0 aromatic heterocycles. The van der Waals surface area contributed by atoms with Gasteiger partial charge in [0.15, 0.2) is 0 Å². The Morgan fingerprint density at radius 3 is 1.37 bits per heavy atom. The second kappa shape index (κ2) is 12.1. The fourth-order valence-electron chi connectivity index (χ4n) is 5.29. The molecule has 1 aliphatic rings. The Hall–Kier alpha value is -1.35. The lowest BCUT2D eigenvalue weighted by molar-refractivity contribution is 0.402. The van der Waals surface area contributed by atoms with E-state index in [2.05, 4.69) is 119 Å². The van der Waals surface area contributed by atoms with Crippen LogP contribution in [0.2, 0.25) is 0 Å². The van der Waals surface area contributed by atoms with Gasteiger partial charge in [0.05, 0.1) is 9.33 Å². The normalized spacial score (nSPS) is 15.7. The first kappa shape index (κ1) is 36.1. The summed E-state index contributed by atoms with van der Waals surface area (Å²) in [5.74, 6) is 0.676. The molecule has 3 N–H and O–H groups in total. The summed E-state index contributed by atoms with van der Waals surface area (Å²) in [6, 6.07) is 8.46. The lowest BCUT2D eigenvalue weighted by Gasteiger charge is -2.32. The number of hydrogen-bond acceptors (Lipinski definition) is 6. The Bertz CT molecular complexity index is 1400. The van der Waals surface area contributed by atoms with Gasteiger partial charge in [-0.2, -0.15) is 0 Å². The lowest BCUT2D eigenvalue weighted by Crippen LogP contribution is -2.32. The Kier molecular flexibility index (Phi) is 10.2. The van der Waals surface area contributed by atoms with Crippen LogP contribution < -0.4 is 4.72 Å². The topological polar surface area (TPSA) is 86.6 Å². The molecule has 0 spiro atoms. The van der Waals surface area contributed by atoms with Crippen LogP contribution >= 0.6 is 23.5 Å². The van der Waals surface area contributed by atoms with Crippen molar-refractivity contribution in [3.05, 3.63) is 46.5 Å². The minimum absolute atomic E-state index is 0.205. The molecule has 0 aliphatic heterocycles. The molecule has 2 aromatic carbocycles. The van der Waals surface area contributed by atoms with Crippen molar-refractivity contribution in [1.82, 2.24) is 4.72 Å². The third kappa shape index (κ3) is 9.11. The van der Waals surface area contributed by atoms with Crippen LogP contribution in [0, 0.1) is 0 Å². The summed E-state index contributed by atoms with van der Waals surface area (Å²) in [6.45, 7) is 28.0. The fraction of sp³-hybridized carbons (Fsp3) is 0.657. The van der Waals surface area contributed by atoms with Gasteiger partial charge in [-0.15, -0.1) is 23.5 Å². The van der Waals surface area contributed by atoms with Crippen LogP contribution in [0.25, 0.3) is 0 Å². The monoisotopic (exact) mass is 649 g/mol. The first-order valence-electron chi connectivity index (χ1n) is 15.4. The van der Waals surface area contributed by atoms with Crippen molar-refractivity contribution in [3.8, 4) is 11.5 Å². The predicted molar refractivity (Wildman–Crippen MR) is 186 cm³/mol. The van der Waals surface area contributed by atoms with Crippen LogP contribution in [0.3, 0.4) is 0 Å². The van der Waals surface area contributed by atoms with Crippen molar-refractivity contribution in [2.45, 2.75) is 150 Å². The van der Waals surface area contributed by atoms with Crippen molar-refractivity contribution in [1.29, 1.82) is 0 Å². The zero-order valence-corrected chi connectivity index (χ0v) is 31.1. The molecule has 0 saturated heterocycles. The predicted octanol–water partition coefficient (Wildman–Crippen LogP) is 9.36. The maximum absolute atomic E-state index is 12.4. The van der Waals surface area contributed by atoms with E-state index in [1.165, 1.54) is 0 Å². The van der Waals surface area contributed by atoms with Crippen LogP contribution in [-0.2, 0) is 31.7 Å². The van der Waals surface area contributed by atoms with Crippen LogP contribution in [0.1, 0.15) is 132 Å². The molecule has 1 saturated carbocycles. The van der Waals surface area contributed by atoms with Gasteiger partial charge in [-0.3, -0.25) is 0 Å². The van der Waals surface area contributed by atoms with E-state index in [1.54, 1.807) is 23.5 Å². The summed E-state index contributed by atoms with van der Waals surface area (Å²) in [4.78, 5) is 2.18. The van der Waals surface area contributed by atoms with Gasteiger partial charge in [-0.05, 0) is 79.0 Å². The van der Waals surface area contributed by atoms with Gasteiger partial charge in [0.25, 0.3) is 0 Å². The number of thioether (sulfide) groups is 2. The van der Waals surface area contributed by atoms with E-state index in [9.17, 15) is 18.6 Å². The van der Waals surface area contributed by atoms with Crippen molar-refractivity contribution < 1.29 is 18.6 Å². The standard InChI is InChI=1S/C35H55NO4S3/c1-31(2,3)25-18-22(19-26(29(25)37)32(4,5)6)41-35(12,13)42-23-20-27(33(7,8)9)30(38)28(21-23)34(10,11)16-17-36-43(39,40)24-14-15-24/h18-21,24,36-38H,14-17H2,1-13H3. The van der Waals surface area contributed by atoms with Crippen LogP contribution in [0.15, 0.2) is 34.1 Å². The summed E-state index contributed by atoms with van der Waals surface area (Å²) < 4.78 is 27.4. The van der Waals surface area contributed by atoms with Crippen LogP contribution in [0.5, 0.6) is 11.5 Å². The number of phenols is 2. The largest absolute Gasteiger partial charge is 0.507 e. The highest BCUT2D eigenvalue weighted by molar-refractivity contribution is 8.18. The van der Waals surface area contributed by atoms with Crippen LogP contribution in [-0.4, -0.2) is 34.5 Å². The summed E-state index contributed by atoms with van der Waals surface area (Å²) >= 11 is 3.54. The molecule has 0 atom stereocenters. The Morgan fingerprint density at radius 2 is 1.02 bits per heavy atom. The molecule has 0 radical (unpaired) electrons. The summed E-state index contributed by atoms with van der Waals surface area (Å²) in [5.41, 5.74) is 2.47. The van der Waals surface area contributed by atoms with E-state index in [1.807, 2.05) is 0 Å². The average molecular weight is 650 g/mol. The van der Waals surface area contributed by atoms with E-state index in [0.29, 0.717) is 24.5 Å². The number of hydrogen-bond donors (Lipinski definition) is 3. The van der Waals surface area contributed by atoms with Gasteiger partial charge < -0.3 is 10.2 Å². The quantitative estimate of drug-likeness (QED) is 0.176. The smallest absolute Gasteiger partial charge is 0.214 e. The second-order valence-electron chi connectivity index (χ2n) is 16.4. The molecule has 0 bridgehead atoms. The summed E-state index contributed by atoms with van der Waals surface area (Å²) in [5, 5.41) is 22.5. The van der Waals surface area contributed by atoms with Gasteiger partial charge in [0.1, 0.15) is 11.5 Å². The summed E-state index contributed by atoms with van der Waals surface area (Å²) in [7, 11) is -3.26. The van der Waals surface area contributed by atoms with E-state index in [4.69, 9.17) is 0 Å². The van der Waals surface area contributed by atoms with Crippen LogP contribution in [0.4, 0.5) is 0 Å². The van der Waals surface area contributed by atoms with E-state index in [-0.39, 0.29) is 25.6 Å². The lowest BCUT2D eigenvalue weighted by atomic mass is 9.77. The van der Waals surface area contributed by atoms with Crippen molar-refractivity contribution in [3.63, 3.8) is 0 Å². The molecule has 0 heterocycles. The minimum Gasteiger partial charge on any atom is -0.507 e. The molecule has 8 heteroatoms. The van der Waals surface area contributed by atoms with Gasteiger partial charge in [0, 0.05) is 38.6 Å². The zero-order valence-electron chi connectivity index (χ0n) is 28.7. The molecule has 242 valence electrons. The third-order valence-corrected chi connectivity index (χ3v) is 12.4. The molecular weight excluding hydrogens is 595 g/mol. The van der Waals surface area contributed by atoms with Gasteiger partial charge >= 0.3 is 0 Å². The first-order valence-corrected chi connectivity index (χ1v) is 18.5. The summed E-state index contributed by atoms with van der Waals surface area (Å²) in [6.07, 6.45) is 2.04. The number of aromatic hydroxyl groups is 2. The minimum atomic E-state index is -3.26. The number of benzene rings is 2. The number of rotatable bonds is 10. The second-order valence-corrected chi connectivity index (χ2v) is 22.1. The molecule has 2 aromatic rings. The highest BCUT2D eigenvalue weighted by atomic mass is 32.2. The average Bonchev–Trinajstić information content (AvgIpc) is 3.64. The molecule has 43 heavy (non-hydrogen) atoms. The molecule has 1 aliphatic carbocycles. The van der Waals surface area contributed by atoms with Crippen molar-refractivity contribution >= 4 is 33.5 Å². The SMILES string of the molecule is CC(C)(Sc1cc(C(C)(C)C)c(O)c(C(C)(C)C)c1)Sc1cc(C(C)(C)C)c(O)c(C(C)(C)CCNS(=O)(=O)C2CC2)c1. The molecule has 0 unspecified atom stereocenters. The molecule has 3 rings (SSSR count).